The molecule has 194 valence electrons. The van der Waals surface area contributed by atoms with Crippen LogP contribution in [0.1, 0.15) is 28.4 Å². The van der Waals surface area contributed by atoms with E-state index in [4.69, 9.17) is 15.6 Å². The average Bonchev–Trinajstić information content (AvgIpc) is 3.57. The van der Waals surface area contributed by atoms with Crippen LogP contribution in [0.5, 0.6) is 5.75 Å². The molecule has 10 heteroatoms. The minimum absolute atomic E-state index is 0.0583. The molecule has 0 saturated carbocycles. The van der Waals surface area contributed by atoms with Crippen LogP contribution in [0.3, 0.4) is 0 Å². The fourth-order valence-electron chi connectivity index (χ4n) is 4.69. The number of anilines is 1. The molecule has 0 aliphatic heterocycles. The van der Waals surface area contributed by atoms with Crippen LogP contribution in [0.25, 0.3) is 22.3 Å². The van der Waals surface area contributed by atoms with Gasteiger partial charge in [-0.05, 0) is 24.1 Å². The molecule has 38 heavy (non-hydrogen) atoms. The number of rotatable bonds is 7. The lowest BCUT2D eigenvalue weighted by molar-refractivity contribution is -0.131. The van der Waals surface area contributed by atoms with Crippen molar-refractivity contribution in [3.63, 3.8) is 0 Å². The Morgan fingerprint density at radius 3 is 2.61 bits per heavy atom. The standard InChI is InChI=1S/C28H29N7O3/c1-34(2)28(37)19-12-13-20(14-19)35-26-23(25(29)31-16-32-26)24(33-35)18-10-8-17(9-11-18)15-30-27(36)21-6-4-5-7-22(21)38-3/h4-13,16,19-20H,14-15H2,1-3H3,(H,30,36)(H2,29,31,32). The number of aromatic nitrogens is 4. The number of ether oxygens (including phenoxy) is 1. The summed E-state index contributed by atoms with van der Waals surface area (Å²) in [7, 11) is 5.05. The van der Waals surface area contributed by atoms with E-state index >= 15 is 0 Å². The number of hydrogen-bond donors (Lipinski definition) is 2. The number of carbonyl (C=O) groups is 2. The van der Waals surface area contributed by atoms with Crippen molar-refractivity contribution in [3.8, 4) is 17.0 Å². The molecule has 2 atom stereocenters. The van der Waals surface area contributed by atoms with Gasteiger partial charge in [-0.25, -0.2) is 14.6 Å². The van der Waals surface area contributed by atoms with Gasteiger partial charge in [-0.15, -0.1) is 0 Å². The number of nitrogens with zero attached hydrogens (tertiary/aromatic N) is 5. The first-order valence-corrected chi connectivity index (χ1v) is 12.3. The van der Waals surface area contributed by atoms with Gasteiger partial charge < -0.3 is 20.7 Å². The first-order valence-electron chi connectivity index (χ1n) is 12.3. The predicted molar refractivity (Wildman–Crippen MR) is 144 cm³/mol. The van der Waals surface area contributed by atoms with Crippen molar-refractivity contribution in [2.24, 2.45) is 5.92 Å². The molecule has 2 aromatic heterocycles. The molecule has 3 N–H and O–H groups in total. The summed E-state index contributed by atoms with van der Waals surface area (Å²) in [6, 6.07) is 14.7. The van der Waals surface area contributed by atoms with Gasteiger partial charge in [-0.1, -0.05) is 48.6 Å². The number of methoxy groups -OCH3 is 1. The highest BCUT2D eigenvalue weighted by atomic mass is 16.5. The fraction of sp³-hybridized carbons (Fsp3) is 0.250. The first-order chi connectivity index (χ1) is 18.4. The Hall–Kier alpha value is -4.73. The van der Waals surface area contributed by atoms with Gasteiger partial charge in [0.2, 0.25) is 5.91 Å². The second-order valence-corrected chi connectivity index (χ2v) is 9.36. The van der Waals surface area contributed by atoms with Crippen LogP contribution in [-0.2, 0) is 11.3 Å². The molecular weight excluding hydrogens is 482 g/mol. The molecule has 4 aromatic rings. The van der Waals surface area contributed by atoms with Gasteiger partial charge in [0.25, 0.3) is 5.91 Å². The Morgan fingerprint density at radius 2 is 1.87 bits per heavy atom. The van der Waals surface area contributed by atoms with Crippen molar-refractivity contribution in [3.05, 3.63) is 78.1 Å². The molecule has 0 bridgehead atoms. The smallest absolute Gasteiger partial charge is 0.255 e. The van der Waals surface area contributed by atoms with Gasteiger partial charge in [0.1, 0.15) is 23.6 Å². The maximum Gasteiger partial charge on any atom is 0.255 e. The van der Waals surface area contributed by atoms with E-state index in [1.54, 1.807) is 37.2 Å². The number of nitrogen functional groups attached to an aromatic ring is 1. The Morgan fingerprint density at radius 1 is 1.11 bits per heavy atom. The average molecular weight is 512 g/mol. The number of amides is 2. The van der Waals surface area contributed by atoms with Crippen molar-refractivity contribution >= 4 is 28.7 Å². The molecule has 0 saturated heterocycles. The van der Waals surface area contributed by atoms with Gasteiger partial charge in [0, 0.05) is 26.2 Å². The predicted octanol–water partition coefficient (Wildman–Crippen LogP) is 3.22. The summed E-state index contributed by atoms with van der Waals surface area (Å²) in [6.45, 7) is 0.353. The zero-order chi connectivity index (χ0) is 26.8. The maximum atomic E-state index is 12.6. The van der Waals surface area contributed by atoms with Gasteiger partial charge in [0.05, 0.1) is 30.0 Å². The Kier molecular flexibility index (Phi) is 6.78. The summed E-state index contributed by atoms with van der Waals surface area (Å²) in [5.74, 6) is 0.506. The molecule has 2 amide bonds. The van der Waals surface area contributed by atoms with Crippen LogP contribution in [-0.4, -0.2) is 57.7 Å². The van der Waals surface area contributed by atoms with E-state index in [-0.39, 0.29) is 23.8 Å². The van der Waals surface area contributed by atoms with Crippen LogP contribution in [0.4, 0.5) is 5.82 Å². The Labute approximate surface area is 220 Å². The van der Waals surface area contributed by atoms with Crippen molar-refractivity contribution in [1.29, 1.82) is 0 Å². The topological polar surface area (TPSA) is 128 Å². The van der Waals surface area contributed by atoms with Gasteiger partial charge in [0.15, 0.2) is 5.65 Å². The third kappa shape index (κ3) is 4.68. The van der Waals surface area contributed by atoms with E-state index in [1.165, 1.54) is 13.4 Å². The van der Waals surface area contributed by atoms with Gasteiger partial charge in [-0.2, -0.15) is 5.10 Å². The lowest BCUT2D eigenvalue weighted by Gasteiger charge is -2.16. The van der Waals surface area contributed by atoms with Crippen molar-refractivity contribution < 1.29 is 14.3 Å². The van der Waals surface area contributed by atoms with Gasteiger partial charge >= 0.3 is 0 Å². The largest absolute Gasteiger partial charge is 0.496 e. The van der Waals surface area contributed by atoms with E-state index in [1.807, 2.05) is 47.2 Å². The Balaban J connectivity index is 1.38. The summed E-state index contributed by atoms with van der Waals surface area (Å²) in [6.07, 6.45) is 5.95. The third-order valence-corrected chi connectivity index (χ3v) is 6.68. The molecule has 2 unspecified atom stereocenters. The molecule has 5 rings (SSSR count). The number of hydrogen-bond acceptors (Lipinski definition) is 7. The zero-order valence-corrected chi connectivity index (χ0v) is 21.5. The second kappa shape index (κ2) is 10.3. The summed E-state index contributed by atoms with van der Waals surface area (Å²) in [5, 5.41) is 8.48. The van der Waals surface area contributed by atoms with Crippen molar-refractivity contribution in [1.82, 2.24) is 30.0 Å². The fourth-order valence-corrected chi connectivity index (χ4v) is 4.69. The highest BCUT2D eigenvalue weighted by Crippen LogP contribution is 2.36. The SMILES string of the molecule is COc1ccccc1C(=O)NCc1ccc(-c2nn(C3C=CC(C(=O)N(C)C)C3)c3ncnc(N)c23)cc1. The summed E-state index contributed by atoms with van der Waals surface area (Å²) < 4.78 is 7.10. The highest BCUT2D eigenvalue weighted by Gasteiger charge is 2.30. The van der Waals surface area contributed by atoms with E-state index in [9.17, 15) is 9.59 Å². The quantitative estimate of drug-likeness (QED) is 0.365. The van der Waals surface area contributed by atoms with Crippen LogP contribution >= 0.6 is 0 Å². The molecular formula is C28H29N7O3. The minimum Gasteiger partial charge on any atom is -0.496 e. The highest BCUT2D eigenvalue weighted by molar-refractivity contribution is 5.98. The molecule has 0 radical (unpaired) electrons. The lowest BCUT2D eigenvalue weighted by Crippen LogP contribution is -2.28. The minimum atomic E-state index is -0.211. The maximum absolute atomic E-state index is 12.6. The van der Waals surface area contributed by atoms with Crippen LogP contribution in [0.2, 0.25) is 0 Å². The molecule has 2 aromatic carbocycles. The van der Waals surface area contributed by atoms with E-state index in [0.29, 0.717) is 46.8 Å². The summed E-state index contributed by atoms with van der Waals surface area (Å²) in [5.41, 5.74) is 9.81. The number of allylic oxidation sites excluding steroid dienone is 1. The normalized spacial score (nSPS) is 16.5. The number of para-hydroxylation sites is 1. The van der Waals surface area contributed by atoms with Crippen molar-refractivity contribution in [2.75, 3.05) is 26.9 Å². The van der Waals surface area contributed by atoms with Crippen LogP contribution < -0.4 is 15.8 Å². The van der Waals surface area contributed by atoms with Gasteiger partial charge in [-0.3, -0.25) is 9.59 Å². The Bertz CT molecular complexity index is 1530. The number of nitrogens with two attached hydrogens (primary N) is 1. The molecule has 2 heterocycles. The number of carbonyl (C=O) groups excluding carboxylic acids is 2. The second-order valence-electron chi connectivity index (χ2n) is 9.36. The lowest BCUT2D eigenvalue weighted by atomic mass is 10.1. The molecule has 10 nitrogen and oxygen atoms in total. The molecule has 0 spiro atoms. The molecule has 1 aliphatic carbocycles. The van der Waals surface area contributed by atoms with Crippen molar-refractivity contribution in [2.45, 2.75) is 19.0 Å². The number of benzene rings is 2. The van der Waals surface area contributed by atoms with E-state index < -0.39 is 0 Å². The van der Waals surface area contributed by atoms with Crippen LogP contribution in [0, 0.1) is 5.92 Å². The molecule has 0 fully saturated rings. The van der Waals surface area contributed by atoms with E-state index in [0.717, 1.165) is 11.1 Å². The zero-order valence-electron chi connectivity index (χ0n) is 21.5. The molecule has 1 aliphatic rings. The summed E-state index contributed by atoms with van der Waals surface area (Å²) in [4.78, 5) is 35.4. The number of nitrogens with one attached hydrogen (secondary N) is 1. The summed E-state index contributed by atoms with van der Waals surface area (Å²) >= 11 is 0. The number of fused-ring (bicyclic) bond motifs is 1. The first kappa shape index (κ1) is 24.9. The van der Waals surface area contributed by atoms with Crippen LogP contribution in [0.15, 0.2) is 67.0 Å². The monoisotopic (exact) mass is 511 g/mol. The van der Waals surface area contributed by atoms with E-state index in [2.05, 4.69) is 15.3 Å². The third-order valence-electron chi connectivity index (χ3n) is 6.68.